The Bertz CT molecular complexity index is 622. The molecular weight excluding hydrogens is 286 g/mol. The van der Waals surface area contributed by atoms with Crippen molar-refractivity contribution in [3.05, 3.63) is 45.4 Å². The number of carboxylic acids is 1. The minimum absolute atomic E-state index is 0.364. The van der Waals surface area contributed by atoms with Gasteiger partial charge in [0, 0.05) is 6.42 Å². The van der Waals surface area contributed by atoms with Crippen LogP contribution < -0.4 is 4.74 Å². The van der Waals surface area contributed by atoms with Gasteiger partial charge in [-0.25, -0.2) is 9.78 Å². The van der Waals surface area contributed by atoms with Crippen molar-refractivity contribution in [1.82, 2.24) is 4.98 Å². The van der Waals surface area contributed by atoms with Crippen LogP contribution in [0.4, 0.5) is 0 Å². The number of thiazole rings is 1. The molecule has 0 saturated carbocycles. The van der Waals surface area contributed by atoms with E-state index in [4.69, 9.17) is 4.74 Å². The van der Waals surface area contributed by atoms with E-state index in [0.29, 0.717) is 30.0 Å². The highest BCUT2D eigenvalue weighted by Gasteiger charge is 2.16. The van der Waals surface area contributed by atoms with Crippen LogP contribution in [0.5, 0.6) is 5.75 Å². The molecule has 5 heteroatoms. The van der Waals surface area contributed by atoms with Crippen LogP contribution >= 0.6 is 11.3 Å². The number of nitrogens with zero attached hydrogens (tertiary/aromatic N) is 1. The zero-order valence-electron chi connectivity index (χ0n) is 12.3. The first-order chi connectivity index (χ1) is 10.1. The Morgan fingerprint density at radius 3 is 2.76 bits per heavy atom. The molecule has 0 aliphatic carbocycles. The maximum atomic E-state index is 11.2. The number of carbonyl (C=O) groups is 1. The largest absolute Gasteiger partial charge is 0.493 e. The Balaban J connectivity index is 1.99. The third-order valence-electron chi connectivity index (χ3n) is 3.09. The minimum atomic E-state index is -0.887. The van der Waals surface area contributed by atoms with Crippen LogP contribution in [-0.4, -0.2) is 22.7 Å². The monoisotopic (exact) mass is 305 g/mol. The van der Waals surface area contributed by atoms with Crippen molar-refractivity contribution < 1.29 is 14.6 Å². The van der Waals surface area contributed by atoms with E-state index in [-0.39, 0.29) is 0 Å². The van der Waals surface area contributed by atoms with Crippen molar-refractivity contribution in [2.75, 3.05) is 6.61 Å². The second-order valence-corrected chi connectivity index (χ2v) is 5.89. The van der Waals surface area contributed by atoms with E-state index in [2.05, 4.69) is 4.98 Å². The fourth-order valence-corrected chi connectivity index (χ4v) is 2.98. The SMILES string of the molecule is CCCc1nc(CCOc2ccccc2C)sc1C(=O)O. The zero-order valence-corrected chi connectivity index (χ0v) is 13.1. The van der Waals surface area contributed by atoms with Crippen LogP contribution in [0, 0.1) is 6.92 Å². The van der Waals surface area contributed by atoms with Crippen molar-refractivity contribution in [3.8, 4) is 5.75 Å². The van der Waals surface area contributed by atoms with Gasteiger partial charge in [0.15, 0.2) is 0 Å². The average molecular weight is 305 g/mol. The molecule has 0 aliphatic rings. The number of hydrogen-bond donors (Lipinski definition) is 1. The smallest absolute Gasteiger partial charge is 0.347 e. The molecule has 4 nitrogen and oxygen atoms in total. The lowest BCUT2D eigenvalue weighted by Crippen LogP contribution is -2.02. The number of hydrogen-bond acceptors (Lipinski definition) is 4. The summed E-state index contributed by atoms with van der Waals surface area (Å²) in [5, 5.41) is 10.0. The molecule has 2 rings (SSSR count). The van der Waals surface area contributed by atoms with Gasteiger partial charge in [0.1, 0.15) is 10.6 Å². The number of aromatic carboxylic acids is 1. The Kier molecular flexibility index (Phi) is 5.33. The lowest BCUT2D eigenvalue weighted by Gasteiger charge is -2.07. The predicted molar refractivity (Wildman–Crippen MR) is 83.4 cm³/mol. The molecule has 0 unspecified atom stereocenters. The van der Waals surface area contributed by atoms with E-state index in [1.54, 1.807) is 0 Å². The van der Waals surface area contributed by atoms with Crippen LogP contribution in [0.3, 0.4) is 0 Å². The summed E-state index contributed by atoms with van der Waals surface area (Å²) in [5.74, 6) is -0.0247. The highest BCUT2D eigenvalue weighted by molar-refractivity contribution is 7.13. The molecule has 1 aromatic carbocycles. The molecule has 0 radical (unpaired) electrons. The molecule has 1 heterocycles. The number of carboxylic acid groups (broad SMARTS) is 1. The van der Waals surface area contributed by atoms with Gasteiger partial charge in [0.05, 0.1) is 17.3 Å². The Morgan fingerprint density at radius 1 is 1.33 bits per heavy atom. The molecule has 0 bridgehead atoms. The summed E-state index contributed by atoms with van der Waals surface area (Å²) < 4.78 is 5.73. The first kappa shape index (κ1) is 15.5. The van der Waals surface area contributed by atoms with Gasteiger partial charge in [-0.1, -0.05) is 31.5 Å². The van der Waals surface area contributed by atoms with Gasteiger partial charge >= 0.3 is 5.97 Å². The van der Waals surface area contributed by atoms with Gasteiger partial charge in [-0.15, -0.1) is 11.3 Å². The zero-order chi connectivity index (χ0) is 15.2. The molecule has 0 aliphatic heterocycles. The summed E-state index contributed by atoms with van der Waals surface area (Å²) in [6, 6.07) is 7.84. The lowest BCUT2D eigenvalue weighted by molar-refractivity contribution is 0.0700. The van der Waals surface area contributed by atoms with E-state index in [1.807, 2.05) is 38.1 Å². The Labute approximate surface area is 128 Å². The quantitative estimate of drug-likeness (QED) is 0.847. The lowest BCUT2D eigenvalue weighted by atomic mass is 10.2. The number of benzene rings is 1. The van der Waals surface area contributed by atoms with Crippen molar-refractivity contribution in [3.63, 3.8) is 0 Å². The van der Waals surface area contributed by atoms with Crippen molar-refractivity contribution in [1.29, 1.82) is 0 Å². The predicted octanol–water partition coefficient (Wildman–Crippen LogP) is 3.72. The van der Waals surface area contributed by atoms with Crippen LogP contribution in [0.15, 0.2) is 24.3 Å². The maximum absolute atomic E-state index is 11.2. The fourth-order valence-electron chi connectivity index (χ4n) is 2.05. The topological polar surface area (TPSA) is 59.4 Å². The normalized spacial score (nSPS) is 10.6. The molecule has 0 saturated heterocycles. The van der Waals surface area contributed by atoms with Crippen LogP contribution in [0.25, 0.3) is 0 Å². The van der Waals surface area contributed by atoms with Gasteiger partial charge in [0.25, 0.3) is 0 Å². The summed E-state index contributed by atoms with van der Waals surface area (Å²) in [4.78, 5) is 16.0. The van der Waals surface area contributed by atoms with Crippen LogP contribution in [-0.2, 0) is 12.8 Å². The van der Waals surface area contributed by atoms with Gasteiger partial charge in [-0.2, -0.15) is 0 Å². The summed E-state index contributed by atoms with van der Waals surface area (Å²) in [6.07, 6.45) is 2.23. The second-order valence-electron chi connectivity index (χ2n) is 4.80. The highest BCUT2D eigenvalue weighted by atomic mass is 32.1. The Hall–Kier alpha value is -1.88. The standard InChI is InChI=1S/C16H19NO3S/c1-3-6-12-15(16(18)19)21-14(17-12)9-10-20-13-8-5-4-7-11(13)2/h4-5,7-8H,3,6,9-10H2,1-2H3,(H,18,19). The van der Waals surface area contributed by atoms with Gasteiger partial charge in [-0.05, 0) is 25.0 Å². The van der Waals surface area contributed by atoms with E-state index < -0.39 is 5.97 Å². The first-order valence-electron chi connectivity index (χ1n) is 7.02. The number of rotatable bonds is 7. The van der Waals surface area contributed by atoms with Gasteiger partial charge in [-0.3, -0.25) is 0 Å². The van der Waals surface area contributed by atoms with Gasteiger partial charge in [0.2, 0.25) is 0 Å². The van der Waals surface area contributed by atoms with Crippen molar-refractivity contribution >= 4 is 17.3 Å². The highest BCUT2D eigenvalue weighted by Crippen LogP contribution is 2.21. The molecule has 112 valence electrons. The van der Waals surface area contributed by atoms with Crippen LogP contribution in [0.2, 0.25) is 0 Å². The number of aromatic nitrogens is 1. The van der Waals surface area contributed by atoms with E-state index >= 15 is 0 Å². The molecular formula is C16H19NO3S. The molecule has 0 atom stereocenters. The molecule has 21 heavy (non-hydrogen) atoms. The fraction of sp³-hybridized carbons (Fsp3) is 0.375. The molecule has 1 N–H and O–H groups in total. The number of aryl methyl sites for hydroxylation is 2. The van der Waals surface area contributed by atoms with Crippen molar-refractivity contribution in [2.24, 2.45) is 0 Å². The molecule has 0 amide bonds. The minimum Gasteiger partial charge on any atom is -0.493 e. The van der Waals surface area contributed by atoms with Crippen molar-refractivity contribution in [2.45, 2.75) is 33.1 Å². The summed E-state index contributed by atoms with van der Waals surface area (Å²) in [5.41, 5.74) is 1.79. The molecule has 0 spiro atoms. The molecule has 1 aromatic heterocycles. The molecule has 2 aromatic rings. The molecule has 0 fully saturated rings. The average Bonchev–Trinajstić information content (AvgIpc) is 2.85. The summed E-state index contributed by atoms with van der Waals surface area (Å²) in [6.45, 7) is 4.52. The number of ether oxygens (including phenoxy) is 1. The third kappa shape index (κ3) is 4.04. The van der Waals surface area contributed by atoms with Gasteiger partial charge < -0.3 is 9.84 Å². The van der Waals surface area contributed by atoms with E-state index in [0.717, 1.165) is 22.7 Å². The third-order valence-corrected chi connectivity index (χ3v) is 4.24. The van der Waals surface area contributed by atoms with Crippen LogP contribution in [0.1, 0.15) is 39.3 Å². The second kappa shape index (κ2) is 7.22. The first-order valence-corrected chi connectivity index (χ1v) is 7.83. The number of para-hydroxylation sites is 1. The van der Waals surface area contributed by atoms with E-state index in [9.17, 15) is 9.90 Å². The Morgan fingerprint density at radius 2 is 2.10 bits per heavy atom. The van der Waals surface area contributed by atoms with E-state index in [1.165, 1.54) is 11.3 Å². The maximum Gasteiger partial charge on any atom is 0.347 e. The summed E-state index contributed by atoms with van der Waals surface area (Å²) >= 11 is 1.26. The summed E-state index contributed by atoms with van der Waals surface area (Å²) in [7, 11) is 0.